The van der Waals surface area contributed by atoms with Gasteiger partial charge in [-0.3, -0.25) is 14.2 Å². The Morgan fingerprint density at radius 1 is 1.20 bits per heavy atom. The maximum atomic E-state index is 13.1. The van der Waals surface area contributed by atoms with E-state index in [1.807, 2.05) is 25.1 Å². The van der Waals surface area contributed by atoms with Crippen LogP contribution in [0.25, 0.3) is 0 Å². The topological polar surface area (TPSA) is 92.3 Å². The molecule has 0 radical (unpaired) electrons. The van der Waals surface area contributed by atoms with E-state index in [9.17, 15) is 20.0 Å². The van der Waals surface area contributed by atoms with Crippen LogP contribution in [-0.4, -0.2) is 21.6 Å². The summed E-state index contributed by atoms with van der Waals surface area (Å²) in [5.74, 6) is 0.0481. The molecule has 1 aromatic carbocycles. The van der Waals surface area contributed by atoms with Gasteiger partial charge >= 0.3 is 0 Å². The molecule has 1 heterocycles. The van der Waals surface area contributed by atoms with Crippen LogP contribution < -0.4 is 10.3 Å². The van der Waals surface area contributed by atoms with Gasteiger partial charge in [0.2, 0.25) is 11.7 Å². The summed E-state index contributed by atoms with van der Waals surface area (Å²) in [7, 11) is 0. The van der Waals surface area contributed by atoms with E-state index in [4.69, 9.17) is 4.74 Å². The molecular formula is C24H30N2O4. The second-order valence-corrected chi connectivity index (χ2v) is 7.82. The number of rotatable bonds is 9. The zero-order valence-electron chi connectivity index (χ0n) is 18.4. The summed E-state index contributed by atoms with van der Waals surface area (Å²) in [4.78, 5) is 25.7. The predicted molar refractivity (Wildman–Crippen MR) is 116 cm³/mol. The van der Waals surface area contributed by atoms with Crippen LogP contribution in [0.1, 0.15) is 79.9 Å². The Labute approximate surface area is 177 Å². The number of ether oxygens (including phenoxy) is 1. The standard InChI is InChI=1S/C24H30N2O4/c1-6-7-8-13-26-23(28)20(14-25)16(4)21(24(26)29)22(27)17(5)30-19-11-9-18(10-12-19)15(2)3/h9-12,15,17,29H,6-8,13H2,1-5H3. The lowest BCUT2D eigenvalue weighted by Gasteiger charge is -2.19. The molecular weight excluding hydrogens is 380 g/mol. The number of nitrogens with zero attached hydrogens (tertiary/aromatic N) is 2. The van der Waals surface area contributed by atoms with Gasteiger partial charge in [0.1, 0.15) is 17.4 Å². The zero-order valence-corrected chi connectivity index (χ0v) is 18.4. The van der Waals surface area contributed by atoms with Gasteiger partial charge in [-0.1, -0.05) is 45.7 Å². The van der Waals surface area contributed by atoms with Crippen molar-refractivity contribution in [2.24, 2.45) is 0 Å². The van der Waals surface area contributed by atoms with Gasteiger partial charge in [0.05, 0.1) is 5.56 Å². The van der Waals surface area contributed by atoms with Gasteiger partial charge < -0.3 is 9.84 Å². The first-order valence-electron chi connectivity index (χ1n) is 10.4. The third kappa shape index (κ3) is 4.91. The lowest BCUT2D eigenvalue weighted by atomic mass is 9.99. The second-order valence-electron chi connectivity index (χ2n) is 7.82. The molecule has 2 aromatic rings. The Morgan fingerprint density at radius 2 is 1.83 bits per heavy atom. The van der Waals surface area contributed by atoms with Crippen molar-refractivity contribution in [1.82, 2.24) is 4.57 Å². The van der Waals surface area contributed by atoms with Crippen LogP contribution in [-0.2, 0) is 6.54 Å². The van der Waals surface area contributed by atoms with Gasteiger partial charge in [-0.25, -0.2) is 0 Å². The van der Waals surface area contributed by atoms with Gasteiger partial charge in [-0.15, -0.1) is 0 Å². The molecule has 1 aromatic heterocycles. The molecule has 0 aliphatic carbocycles. The third-order valence-corrected chi connectivity index (χ3v) is 5.26. The van der Waals surface area contributed by atoms with E-state index in [2.05, 4.69) is 13.8 Å². The van der Waals surface area contributed by atoms with Gasteiger partial charge in [0, 0.05) is 6.54 Å². The molecule has 1 unspecified atom stereocenters. The van der Waals surface area contributed by atoms with Gasteiger partial charge in [0.25, 0.3) is 5.56 Å². The fourth-order valence-electron chi connectivity index (χ4n) is 3.37. The minimum atomic E-state index is -0.896. The number of carbonyl (C=O) groups excluding carboxylic acids is 1. The van der Waals surface area contributed by atoms with E-state index in [1.54, 1.807) is 19.1 Å². The molecule has 0 amide bonds. The molecule has 0 saturated carbocycles. The van der Waals surface area contributed by atoms with Crippen LogP contribution in [0.2, 0.25) is 0 Å². The minimum Gasteiger partial charge on any atom is -0.494 e. The molecule has 0 bridgehead atoms. The molecule has 0 aliphatic rings. The number of aromatic nitrogens is 1. The zero-order chi connectivity index (χ0) is 22.4. The van der Waals surface area contributed by atoms with Crippen molar-refractivity contribution >= 4 is 5.78 Å². The number of carbonyl (C=O) groups is 1. The Kier molecular flexibility index (Phi) is 7.82. The predicted octanol–water partition coefficient (Wildman–Crippen LogP) is 4.70. The van der Waals surface area contributed by atoms with E-state index in [0.29, 0.717) is 18.1 Å². The summed E-state index contributed by atoms with van der Waals surface area (Å²) < 4.78 is 6.91. The number of ketones is 1. The van der Waals surface area contributed by atoms with Crippen LogP contribution in [0.15, 0.2) is 29.1 Å². The molecule has 0 fully saturated rings. The number of benzene rings is 1. The highest BCUT2D eigenvalue weighted by Crippen LogP contribution is 2.26. The van der Waals surface area contributed by atoms with Crippen molar-refractivity contribution in [3.63, 3.8) is 0 Å². The highest BCUT2D eigenvalue weighted by atomic mass is 16.5. The van der Waals surface area contributed by atoms with Gasteiger partial charge in [-0.05, 0) is 49.4 Å². The largest absolute Gasteiger partial charge is 0.494 e. The Morgan fingerprint density at radius 3 is 2.37 bits per heavy atom. The van der Waals surface area contributed by atoms with Crippen molar-refractivity contribution in [1.29, 1.82) is 5.26 Å². The highest BCUT2D eigenvalue weighted by Gasteiger charge is 2.28. The summed E-state index contributed by atoms with van der Waals surface area (Å²) >= 11 is 0. The molecule has 6 heteroatoms. The van der Waals surface area contributed by atoms with Gasteiger partial charge in [-0.2, -0.15) is 5.26 Å². The first-order chi connectivity index (χ1) is 14.2. The van der Waals surface area contributed by atoms with Crippen molar-refractivity contribution < 1.29 is 14.6 Å². The van der Waals surface area contributed by atoms with Crippen molar-refractivity contribution in [2.75, 3.05) is 0 Å². The summed E-state index contributed by atoms with van der Waals surface area (Å²) in [6, 6.07) is 9.38. The Bertz CT molecular complexity index is 998. The van der Waals surface area contributed by atoms with E-state index in [-0.39, 0.29) is 23.2 Å². The Balaban J connectivity index is 2.38. The number of pyridine rings is 1. The average molecular weight is 411 g/mol. The number of Topliss-reactive ketones (excluding diaryl/α,β-unsaturated/α-hetero) is 1. The van der Waals surface area contributed by atoms with Crippen LogP contribution >= 0.6 is 0 Å². The fourth-order valence-corrected chi connectivity index (χ4v) is 3.37. The third-order valence-electron chi connectivity index (χ3n) is 5.26. The molecule has 1 N–H and O–H groups in total. The molecule has 0 spiro atoms. The average Bonchev–Trinajstić information content (AvgIpc) is 2.71. The number of hydrogen-bond acceptors (Lipinski definition) is 5. The SMILES string of the molecule is CCCCCn1c(O)c(C(=O)C(C)Oc2ccc(C(C)C)cc2)c(C)c(C#N)c1=O. The minimum absolute atomic E-state index is 0.0334. The first kappa shape index (κ1) is 23.2. The lowest BCUT2D eigenvalue weighted by molar-refractivity contribution is 0.0812. The number of nitriles is 1. The molecule has 6 nitrogen and oxygen atoms in total. The van der Waals surface area contributed by atoms with Crippen molar-refractivity contribution in [3.8, 4) is 17.7 Å². The molecule has 0 aliphatic heterocycles. The van der Waals surface area contributed by atoms with Crippen LogP contribution in [0.5, 0.6) is 11.6 Å². The van der Waals surface area contributed by atoms with E-state index in [1.165, 1.54) is 6.92 Å². The van der Waals surface area contributed by atoms with Crippen LogP contribution in [0.4, 0.5) is 0 Å². The summed E-state index contributed by atoms with van der Waals surface area (Å²) in [5.41, 5.74) is 0.614. The molecule has 1 atom stereocenters. The molecule has 30 heavy (non-hydrogen) atoms. The molecule has 160 valence electrons. The second kappa shape index (κ2) is 10.1. The number of hydrogen-bond donors (Lipinski definition) is 1. The van der Waals surface area contributed by atoms with Crippen LogP contribution in [0.3, 0.4) is 0 Å². The van der Waals surface area contributed by atoms with E-state index >= 15 is 0 Å². The maximum absolute atomic E-state index is 13.1. The first-order valence-corrected chi connectivity index (χ1v) is 10.4. The lowest BCUT2D eigenvalue weighted by Crippen LogP contribution is -2.30. The number of aromatic hydroxyl groups is 1. The van der Waals surface area contributed by atoms with E-state index in [0.717, 1.165) is 23.0 Å². The quantitative estimate of drug-likeness (QED) is 0.478. The smallest absolute Gasteiger partial charge is 0.271 e. The normalized spacial score (nSPS) is 11.9. The highest BCUT2D eigenvalue weighted by molar-refractivity contribution is 6.03. The van der Waals surface area contributed by atoms with Crippen molar-refractivity contribution in [3.05, 3.63) is 56.9 Å². The Hall–Kier alpha value is -3.07. The summed E-state index contributed by atoms with van der Waals surface area (Å²) in [5, 5.41) is 20.2. The molecule has 2 rings (SSSR count). The van der Waals surface area contributed by atoms with Crippen LogP contribution in [0, 0.1) is 18.3 Å². The monoisotopic (exact) mass is 410 g/mol. The van der Waals surface area contributed by atoms with Gasteiger partial charge in [0.15, 0.2) is 6.10 Å². The fraction of sp³-hybridized carbons (Fsp3) is 0.458. The van der Waals surface area contributed by atoms with Crippen molar-refractivity contribution in [2.45, 2.75) is 72.4 Å². The van der Waals surface area contributed by atoms with E-state index < -0.39 is 23.3 Å². The molecule has 0 saturated heterocycles. The summed E-state index contributed by atoms with van der Waals surface area (Å²) in [6.45, 7) is 9.56. The number of unbranched alkanes of at least 4 members (excludes halogenated alkanes) is 2. The summed E-state index contributed by atoms with van der Waals surface area (Å²) in [6.07, 6.45) is 1.59. The maximum Gasteiger partial charge on any atom is 0.271 e.